The van der Waals surface area contributed by atoms with Crippen LogP contribution in [0.4, 0.5) is 0 Å². The number of fused-ring (bicyclic) bond motifs is 1. The Morgan fingerprint density at radius 3 is 2.31 bits per heavy atom. The highest BCUT2D eigenvalue weighted by atomic mass is 16.5. The van der Waals surface area contributed by atoms with E-state index in [0.717, 1.165) is 62.5 Å². The van der Waals surface area contributed by atoms with Gasteiger partial charge in [-0.05, 0) is 51.0 Å². The zero-order chi connectivity index (χ0) is 25.2. The summed E-state index contributed by atoms with van der Waals surface area (Å²) in [6, 6.07) is 10.2. The second kappa shape index (κ2) is 10.6. The number of hydrogen-bond acceptors (Lipinski definition) is 6. The number of aryl methyl sites for hydroxylation is 3. The predicted octanol–water partition coefficient (Wildman–Crippen LogP) is 2.69. The Labute approximate surface area is 213 Å². The molecule has 4 heterocycles. The first-order valence-corrected chi connectivity index (χ1v) is 13.2. The SMILES string of the molecule is Cc1nc(C)c(C(=O)N2CC3CN(CC[C@H](NC(=O)C4CCOC4)c4ccccc4)CC3C2)c(C)n1. The molecule has 2 aromatic rings. The van der Waals surface area contributed by atoms with Gasteiger partial charge in [0, 0.05) is 39.3 Å². The van der Waals surface area contributed by atoms with Crippen molar-refractivity contribution in [1.29, 1.82) is 0 Å². The van der Waals surface area contributed by atoms with Crippen LogP contribution in [0.2, 0.25) is 0 Å². The molecule has 0 radical (unpaired) electrons. The van der Waals surface area contributed by atoms with Crippen LogP contribution in [-0.4, -0.2) is 77.5 Å². The summed E-state index contributed by atoms with van der Waals surface area (Å²) in [4.78, 5) is 39.4. The summed E-state index contributed by atoms with van der Waals surface area (Å²) >= 11 is 0. The van der Waals surface area contributed by atoms with E-state index in [2.05, 4.69) is 32.3 Å². The highest BCUT2D eigenvalue weighted by molar-refractivity contribution is 5.96. The molecule has 1 aromatic heterocycles. The van der Waals surface area contributed by atoms with E-state index in [1.54, 1.807) is 0 Å². The third-order valence-corrected chi connectivity index (χ3v) is 8.00. The van der Waals surface area contributed by atoms with Gasteiger partial charge < -0.3 is 19.9 Å². The van der Waals surface area contributed by atoms with Crippen LogP contribution in [0.1, 0.15) is 52.0 Å². The van der Waals surface area contributed by atoms with E-state index in [9.17, 15) is 9.59 Å². The van der Waals surface area contributed by atoms with Crippen molar-refractivity contribution in [3.8, 4) is 0 Å². The molecule has 3 fully saturated rings. The van der Waals surface area contributed by atoms with Crippen molar-refractivity contribution in [3.63, 3.8) is 0 Å². The molecule has 0 saturated carbocycles. The van der Waals surface area contributed by atoms with Crippen LogP contribution in [0.15, 0.2) is 30.3 Å². The maximum absolute atomic E-state index is 13.3. The quantitative estimate of drug-likeness (QED) is 0.641. The standard InChI is InChI=1S/C28H37N5O3/c1-18-26(19(2)30-20(3)29-18)28(35)33-15-23-13-32(14-24(23)16-33)11-9-25(21-7-5-4-6-8-21)31-27(34)22-10-12-36-17-22/h4-8,22-25H,9-17H2,1-3H3,(H,31,34)/t22?,23?,24?,25-/m0/s1. The van der Waals surface area contributed by atoms with Gasteiger partial charge in [0.25, 0.3) is 5.91 Å². The molecular weight excluding hydrogens is 454 g/mol. The molecule has 8 heteroatoms. The molecule has 1 aromatic carbocycles. The van der Waals surface area contributed by atoms with Gasteiger partial charge in [0.1, 0.15) is 5.82 Å². The van der Waals surface area contributed by atoms with Gasteiger partial charge in [-0.25, -0.2) is 9.97 Å². The van der Waals surface area contributed by atoms with Crippen molar-refractivity contribution in [1.82, 2.24) is 25.1 Å². The monoisotopic (exact) mass is 491 g/mol. The molecule has 5 rings (SSSR count). The van der Waals surface area contributed by atoms with Crippen molar-refractivity contribution in [2.24, 2.45) is 17.8 Å². The van der Waals surface area contributed by atoms with Crippen LogP contribution >= 0.6 is 0 Å². The lowest BCUT2D eigenvalue weighted by molar-refractivity contribution is -0.125. The van der Waals surface area contributed by atoms with Gasteiger partial charge in [-0.15, -0.1) is 0 Å². The van der Waals surface area contributed by atoms with E-state index in [4.69, 9.17) is 4.74 Å². The fourth-order valence-corrected chi connectivity index (χ4v) is 6.14. The maximum atomic E-state index is 13.3. The third-order valence-electron chi connectivity index (χ3n) is 8.00. The minimum absolute atomic E-state index is 0.00898. The molecule has 2 amide bonds. The minimum Gasteiger partial charge on any atom is -0.381 e. The number of ether oxygens (including phenoxy) is 1. The molecule has 192 valence electrons. The minimum atomic E-state index is -0.0444. The number of likely N-dealkylation sites (tertiary alicyclic amines) is 2. The van der Waals surface area contributed by atoms with Crippen LogP contribution in [0.25, 0.3) is 0 Å². The number of nitrogens with zero attached hydrogens (tertiary/aromatic N) is 4. The smallest absolute Gasteiger partial charge is 0.257 e. The number of rotatable bonds is 7. The van der Waals surface area contributed by atoms with Crippen LogP contribution in [0.5, 0.6) is 0 Å². The molecule has 4 atom stereocenters. The second-order valence-electron chi connectivity index (χ2n) is 10.6. The average Bonchev–Trinajstić information content (AvgIpc) is 3.58. The van der Waals surface area contributed by atoms with Gasteiger partial charge in [-0.3, -0.25) is 9.59 Å². The summed E-state index contributed by atoms with van der Waals surface area (Å²) < 4.78 is 5.42. The summed E-state index contributed by atoms with van der Waals surface area (Å²) in [5.74, 6) is 1.80. The predicted molar refractivity (Wildman–Crippen MR) is 136 cm³/mol. The molecule has 0 bridgehead atoms. The Morgan fingerprint density at radius 2 is 1.69 bits per heavy atom. The van der Waals surface area contributed by atoms with Crippen molar-refractivity contribution in [2.45, 2.75) is 39.7 Å². The van der Waals surface area contributed by atoms with Crippen molar-refractivity contribution >= 4 is 11.8 Å². The molecule has 8 nitrogen and oxygen atoms in total. The Hall–Kier alpha value is -2.84. The number of aromatic nitrogens is 2. The number of benzene rings is 1. The molecule has 3 saturated heterocycles. The second-order valence-corrected chi connectivity index (χ2v) is 10.6. The highest BCUT2D eigenvalue weighted by Gasteiger charge is 2.42. The first kappa shape index (κ1) is 24.8. The number of nitrogens with one attached hydrogen (secondary N) is 1. The Bertz CT molecular complexity index is 1060. The largest absolute Gasteiger partial charge is 0.381 e. The first-order chi connectivity index (χ1) is 17.4. The van der Waals surface area contributed by atoms with Gasteiger partial charge >= 0.3 is 0 Å². The van der Waals surface area contributed by atoms with E-state index >= 15 is 0 Å². The number of carbonyl (C=O) groups excluding carboxylic acids is 2. The van der Waals surface area contributed by atoms with Crippen molar-refractivity contribution < 1.29 is 14.3 Å². The molecule has 0 aliphatic carbocycles. The van der Waals surface area contributed by atoms with E-state index in [-0.39, 0.29) is 23.8 Å². The molecule has 36 heavy (non-hydrogen) atoms. The van der Waals surface area contributed by atoms with Crippen LogP contribution in [0, 0.1) is 38.5 Å². The van der Waals surface area contributed by atoms with E-state index in [1.165, 1.54) is 0 Å². The first-order valence-electron chi connectivity index (χ1n) is 13.2. The topological polar surface area (TPSA) is 87.7 Å². The van der Waals surface area contributed by atoms with E-state index in [0.29, 0.717) is 36.4 Å². The summed E-state index contributed by atoms with van der Waals surface area (Å²) in [5, 5.41) is 3.29. The summed E-state index contributed by atoms with van der Waals surface area (Å²) in [6.07, 6.45) is 1.66. The number of carbonyl (C=O) groups is 2. The Balaban J connectivity index is 1.17. The average molecular weight is 492 g/mol. The fraction of sp³-hybridized carbons (Fsp3) is 0.571. The lowest BCUT2D eigenvalue weighted by Gasteiger charge is -2.26. The number of amides is 2. The lowest BCUT2D eigenvalue weighted by atomic mass is 10.0. The molecule has 3 aliphatic heterocycles. The van der Waals surface area contributed by atoms with E-state index in [1.807, 2.05) is 43.9 Å². The van der Waals surface area contributed by atoms with Crippen molar-refractivity contribution in [3.05, 3.63) is 58.7 Å². The maximum Gasteiger partial charge on any atom is 0.257 e. The zero-order valence-corrected chi connectivity index (χ0v) is 21.6. The Morgan fingerprint density at radius 1 is 1.03 bits per heavy atom. The summed E-state index contributed by atoms with van der Waals surface area (Å²) in [6.45, 7) is 11.3. The van der Waals surface area contributed by atoms with Crippen molar-refractivity contribution in [2.75, 3.05) is 45.9 Å². The van der Waals surface area contributed by atoms with Gasteiger partial charge in [-0.1, -0.05) is 30.3 Å². The normalized spacial score (nSPS) is 24.6. The van der Waals surface area contributed by atoms with Gasteiger partial charge in [0.15, 0.2) is 0 Å². The van der Waals surface area contributed by atoms with Crippen LogP contribution in [-0.2, 0) is 9.53 Å². The molecule has 0 spiro atoms. The van der Waals surface area contributed by atoms with Gasteiger partial charge in [0.2, 0.25) is 5.91 Å². The van der Waals surface area contributed by atoms with Crippen LogP contribution < -0.4 is 5.32 Å². The Kier molecular flexibility index (Phi) is 7.34. The lowest BCUT2D eigenvalue weighted by Crippen LogP contribution is -2.37. The number of hydrogen-bond donors (Lipinski definition) is 1. The fourth-order valence-electron chi connectivity index (χ4n) is 6.14. The molecule has 1 N–H and O–H groups in total. The molecular formula is C28H37N5O3. The van der Waals surface area contributed by atoms with Gasteiger partial charge in [0.05, 0.1) is 35.5 Å². The van der Waals surface area contributed by atoms with E-state index < -0.39 is 0 Å². The summed E-state index contributed by atoms with van der Waals surface area (Å²) in [7, 11) is 0. The molecule has 3 unspecified atom stereocenters. The zero-order valence-electron chi connectivity index (χ0n) is 21.6. The van der Waals surface area contributed by atoms with Crippen LogP contribution in [0.3, 0.4) is 0 Å². The highest BCUT2D eigenvalue weighted by Crippen LogP contribution is 2.33. The van der Waals surface area contributed by atoms with Gasteiger partial charge in [-0.2, -0.15) is 0 Å². The molecule has 3 aliphatic rings. The summed E-state index contributed by atoms with van der Waals surface area (Å²) in [5.41, 5.74) is 3.34. The third kappa shape index (κ3) is 5.30.